The minimum atomic E-state index is -0.753. The van der Waals surface area contributed by atoms with Crippen molar-refractivity contribution in [2.75, 3.05) is 0 Å². The standard InChI is InChI=1S/C17H24N2O6/c1-5-12-10(3)14(25-13(21)7-6-9(2)20)15(24-12)11-8-19(4)17(23)18-16(11)22/h8,10,12,14-15H,5-7H2,1-4H3,(H,18,22,23)/t10?,12-,14+,15+/m1/s1. The molecule has 25 heavy (non-hydrogen) atoms. The SMILES string of the molecule is CC[C@H]1O[C@@H](c2cn(C)c(=O)[nH]c2=O)[C@@H](OC(=O)CCC(C)=O)C1C. The van der Waals surface area contributed by atoms with Gasteiger partial charge in [-0.15, -0.1) is 0 Å². The fourth-order valence-electron chi connectivity index (χ4n) is 3.04. The first kappa shape index (κ1) is 19.1. The Morgan fingerprint density at radius 1 is 1.32 bits per heavy atom. The molecule has 2 heterocycles. The summed E-state index contributed by atoms with van der Waals surface area (Å²) in [6.07, 6.45) is 0.636. The number of hydrogen-bond donors (Lipinski definition) is 1. The van der Waals surface area contributed by atoms with Crippen LogP contribution in [0.5, 0.6) is 0 Å². The molecule has 1 aliphatic rings. The minimum absolute atomic E-state index is 0.00824. The molecule has 2 rings (SSSR count). The molecular weight excluding hydrogens is 328 g/mol. The van der Waals surface area contributed by atoms with Crippen molar-refractivity contribution >= 4 is 11.8 Å². The molecule has 0 aliphatic carbocycles. The maximum atomic E-state index is 12.2. The number of nitrogens with zero attached hydrogens (tertiary/aromatic N) is 1. The van der Waals surface area contributed by atoms with E-state index in [1.165, 1.54) is 24.7 Å². The number of ketones is 1. The zero-order chi connectivity index (χ0) is 18.7. The van der Waals surface area contributed by atoms with Crippen molar-refractivity contribution in [3.63, 3.8) is 0 Å². The Kier molecular flexibility index (Phi) is 5.94. The smallest absolute Gasteiger partial charge is 0.328 e. The molecule has 1 fully saturated rings. The number of nitrogens with one attached hydrogen (secondary N) is 1. The number of ether oxygens (including phenoxy) is 2. The van der Waals surface area contributed by atoms with Crippen LogP contribution in [0.3, 0.4) is 0 Å². The second-order valence-electron chi connectivity index (χ2n) is 6.47. The van der Waals surface area contributed by atoms with Gasteiger partial charge in [0.1, 0.15) is 18.0 Å². The van der Waals surface area contributed by atoms with Crippen LogP contribution in [0.15, 0.2) is 15.8 Å². The lowest BCUT2D eigenvalue weighted by molar-refractivity contribution is -0.154. The van der Waals surface area contributed by atoms with Crippen molar-refractivity contribution in [1.82, 2.24) is 9.55 Å². The Hall–Kier alpha value is -2.22. The van der Waals surface area contributed by atoms with Crippen molar-refractivity contribution in [2.24, 2.45) is 13.0 Å². The average Bonchev–Trinajstić information content (AvgIpc) is 2.85. The Balaban J connectivity index is 2.29. The molecule has 1 aliphatic heterocycles. The number of esters is 1. The van der Waals surface area contributed by atoms with Crippen LogP contribution in [0, 0.1) is 5.92 Å². The quantitative estimate of drug-likeness (QED) is 0.760. The molecule has 8 heteroatoms. The van der Waals surface area contributed by atoms with Gasteiger partial charge in [-0.2, -0.15) is 0 Å². The Bertz CT molecular complexity index is 765. The van der Waals surface area contributed by atoms with Gasteiger partial charge in [-0.3, -0.25) is 14.6 Å². The highest BCUT2D eigenvalue weighted by atomic mass is 16.6. The van der Waals surface area contributed by atoms with E-state index in [1.807, 2.05) is 13.8 Å². The van der Waals surface area contributed by atoms with E-state index in [9.17, 15) is 19.2 Å². The van der Waals surface area contributed by atoms with Gasteiger partial charge in [0.15, 0.2) is 0 Å². The van der Waals surface area contributed by atoms with Gasteiger partial charge in [0.05, 0.1) is 18.1 Å². The maximum Gasteiger partial charge on any atom is 0.328 e. The van der Waals surface area contributed by atoms with Crippen LogP contribution in [0.1, 0.15) is 51.7 Å². The van der Waals surface area contributed by atoms with Crippen LogP contribution in [0.4, 0.5) is 0 Å². The van der Waals surface area contributed by atoms with Gasteiger partial charge in [0, 0.05) is 25.6 Å². The minimum Gasteiger partial charge on any atom is -0.459 e. The lowest BCUT2D eigenvalue weighted by Crippen LogP contribution is -2.35. The van der Waals surface area contributed by atoms with Gasteiger partial charge in [-0.05, 0) is 13.3 Å². The van der Waals surface area contributed by atoms with E-state index >= 15 is 0 Å². The summed E-state index contributed by atoms with van der Waals surface area (Å²) in [6.45, 7) is 5.25. The van der Waals surface area contributed by atoms with Crippen molar-refractivity contribution in [3.05, 3.63) is 32.6 Å². The Morgan fingerprint density at radius 2 is 2.00 bits per heavy atom. The van der Waals surface area contributed by atoms with E-state index < -0.39 is 29.4 Å². The summed E-state index contributed by atoms with van der Waals surface area (Å²) in [5.74, 6) is -0.711. The molecule has 0 bridgehead atoms. The summed E-state index contributed by atoms with van der Waals surface area (Å²) in [7, 11) is 1.52. The van der Waals surface area contributed by atoms with Gasteiger partial charge >= 0.3 is 11.7 Å². The number of aromatic nitrogens is 2. The highest BCUT2D eigenvalue weighted by Gasteiger charge is 2.45. The molecule has 0 amide bonds. The number of aryl methyl sites for hydroxylation is 1. The van der Waals surface area contributed by atoms with E-state index in [0.717, 1.165) is 0 Å². The second kappa shape index (κ2) is 7.77. The number of rotatable bonds is 6. The first-order chi connectivity index (χ1) is 11.7. The van der Waals surface area contributed by atoms with Gasteiger partial charge in [0.25, 0.3) is 5.56 Å². The second-order valence-corrected chi connectivity index (χ2v) is 6.47. The highest BCUT2D eigenvalue weighted by Crippen LogP contribution is 2.39. The number of Topliss-reactive ketones (excluding diaryl/α,β-unsaturated/α-hetero) is 1. The van der Waals surface area contributed by atoms with E-state index in [2.05, 4.69) is 4.98 Å². The molecular formula is C17H24N2O6. The summed E-state index contributed by atoms with van der Waals surface area (Å²) >= 11 is 0. The molecule has 4 atom stereocenters. The zero-order valence-corrected chi connectivity index (χ0v) is 14.9. The summed E-state index contributed by atoms with van der Waals surface area (Å²) in [6, 6.07) is 0. The van der Waals surface area contributed by atoms with Crippen LogP contribution in [-0.2, 0) is 26.1 Å². The average molecular weight is 352 g/mol. The molecule has 1 aromatic heterocycles. The van der Waals surface area contributed by atoms with Gasteiger partial charge in [-0.25, -0.2) is 4.79 Å². The lowest BCUT2D eigenvalue weighted by Gasteiger charge is -2.21. The highest BCUT2D eigenvalue weighted by molar-refractivity contribution is 5.81. The molecule has 1 saturated heterocycles. The maximum absolute atomic E-state index is 12.2. The molecule has 0 saturated carbocycles. The third kappa shape index (κ3) is 4.25. The molecule has 8 nitrogen and oxygen atoms in total. The number of carbonyl (C=O) groups is 2. The molecule has 0 radical (unpaired) electrons. The van der Waals surface area contributed by atoms with Crippen LogP contribution in [-0.4, -0.2) is 33.5 Å². The Morgan fingerprint density at radius 3 is 2.60 bits per heavy atom. The van der Waals surface area contributed by atoms with Gasteiger partial charge in [0.2, 0.25) is 0 Å². The molecule has 1 N–H and O–H groups in total. The first-order valence-corrected chi connectivity index (χ1v) is 8.38. The summed E-state index contributed by atoms with van der Waals surface area (Å²) in [5, 5.41) is 0. The van der Waals surface area contributed by atoms with E-state index in [1.54, 1.807) is 0 Å². The third-order valence-electron chi connectivity index (χ3n) is 4.52. The predicted octanol–water partition coefficient (Wildman–Crippen LogP) is 0.841. The normalized spacial score (nSPS) is 25.8. The Labute approximate surface area is 145 Å². The molecule has 0 spiro atoms. The summed E-state index contributed by atoms with van der Waals surface area (Å²) in [4.78, 5) is 49.1. The fraction of sp³-hybridized carbons (Fsp3) is 0.647. The largest absolute Gasteiger partial charge is 0.459 e. The van der Waals surface area contributed by atoms with Crippen LogP contribution < -0.4 is 11.2 Å². The van der Waals surface area contributed by atoms with Gasteiger partial charge < -0.3 is 18.8 Å². The lowest BCUT2D eigenvalue weighted by atomic mass is 9.94. The third-order valence-corrected chi connectivity index (χ3v) is 4.52. The zero-order valence-electron chi connectivity index (χ0n) is 14.9. The number of aromatic amines is 1. The van der Waals surface area contributed by atoms with E-state index in [4.69, 9.17) is 9.47 Å². The van der Waals surface area contributed by atoms with Crippen LogP contribution >= 0.6 is 0 Å². The van der Waals surface area contributed by atoms with Crippen molar-refractivity contribution < 1.29 is 19.1 Å². The number of H-pyrrole nitrogens is 1. The monoisotopic (exact) mass is 352 g/mol. The summed E-state index contributed by atoms with van der Waals surface area (Å²) in [5.41, 5.74) is -0.835. The van der Waals surface area contributed by atoms with Crippen molar-refractivity contribution in [2.45, 2.75) is 58.3 Å². The topological polar surface area (TPSA) is 107 Å². The summed E-state index contributed by atoms with van der Waals surface area (Å²) < 4.78 is 12.7. The fourth-order valence-corrected chi connectivity index (χ4v) is 3.04. The molecule has 0 aromatic carbocycles. The molecule has 1 aromatic rings. The number of hydrogen-bond acceptors (Lipinski definition) is 6. The van der Waals surface area contributed by atoms with E-state index in [-0.39, 0.29) is 36.2 Å². The van der Waals surface area contributed by atoms with Crippen molar-refractivity contribution in [1.29, 1.82) is 0 Å². The van der Waals surface area contributed by atoms with E-state index in [0.29, 0.717) is 6.42 Å². The van der Waals surface area contributed by atoms with Crippen molar-refractivity contribution in [3.8, 4) is 0 Å². The van der Waals surface area contributed by atoms with Crippen LogP contribution in [0.25, 0.3) is 0 Å². The van der Waals surface area contributed by atoms with Crippen LogP contribution in [0.2, 0.25) is 0 Å². The first-order valence-electron chi connectivity index (χ1n) is 8.38. The number of carbonyl (C=O) groups excluding carboxylic acids is 2. The molecule has 138 valence electrons. The predicted molar refractivity (Wildman–Crippen MR) is 89.2 cm³/mol. The molecule has 1 unspecified atom stereocenters. The van der Waals surface area contributed by atoms with Gasteiger partial charge in [-0.1, -0.05) is 13.8 Å².